The number of amides is 2. The lowest BCUT2D eigenvalue weighted by atomic mass is 9.92. The van der Waals surface area contributed by atoms with Crippen molar-refractivity contribution in [3.8, 4) is 0 Å². The molecule has 11 nitrogen and oxygen atoms in total. The van der Waals surface area contributed by atoms with Crippen LogP contribution in [0.25, 0.3) is 0 Å². The molecule has 0 unspecified atom stereocenters. The Hall–Kier alpha value is -5.45. The molecule has 1 aliphatic rings. The van der Waals surface area contributed by atoms with Gasteiger partial charge in [-0.25, -0.2) is 0 Å². The Balaban J connectivity index is 1.58. The van der Waals surface area contributed by atoms with E-state index in [4.69, 9.17) is 17.2 Å². The highest BCUT2D eigenvalue weighted by Gasteiger charge is 2.35. The number of hydrogen-bond acceptors (Lipinski definition) is 7. The predicted octanol–water partition coefficient (Wildman–Crippen LogP) is 2.63. The molecule has 0 bridgehead atoms. The van der Waals surface area contributed by atoms with Crippen LogP contribution >= 0.6 is 0 Å². The Labute approximate surface area is 238 Å². The summed E-state index contributed by atoms with van der Waals surface area (Å²) < 4.78 is 0. The third-order valence-electron chi connectivity index (χ3n) is 6.59. The summed E-state index contributed by atoms with van der Waals surface area (Å²) in [6.45, 7) is 7.44. The van der Waals surface area contributed by atoms with Crippen LogP contribution in [-0.2, 0) is 17.8 Å². The maximum Gasteiger partial charge on any atom is 0.254 e. The van der Waals surface area contributed by atoms with E-state index in [-0.39, 0.29) is 23.6 Å². The van der Waals surface area contributed by atoms with E-state index in [9.17, 15) is 9.59 Å². The number of nitrogens with zero attached hydrogens (tertiary/aromatic N) is 4. The molecule has 41 heavy (non-hydrogen) atoms. The smallest absolute Gasteiger partial charge is 0.254 e. The van der Waals surface area contributed by atoms with Crippen LogP contribution in [0.2, 0.25) is 0 Å². The molecule has 0 spiro atoms. The van der Waals surface area contributed by atoms with Crippen LogP contribution in [0.5, 0.6) is 0 Å². The van der Waals surface area contributed by atoms with Crippen molar-refractivity contribution in [1.29, 1.82) is 0 Å². The number of carbonyl (C=O) groups is 2. The number of benzene rings is 3. The molecule has 11 heteroatoms. The van der Waals surface area contributed by atoms with Gasteiger partial charge in [-0.2, -0.15) is 10.2 Å². The van der Waals surface area contributed by atoms with Crippen molar-refractivity contribution < 1.29 is 9.59 Å². The van der Waals surface area contributed by atoms with Gasteiger partial charge in [0.1, 0.15) is 11.9 Å². The first-order chi connectivity index (χ1) is 19.6. The normalized spacial score (nSPS) is 15.0. The Kier molecular flexibility index (Phi) is 8.78. The van der Waals surface area contributed by atoms with Gasteiger partial charge in [-0.1, -0.05) is 55.1 Å². The first-order valence-electron chi connectivity index (χ1n) is 12.9. The molecule has 2 amide bonds. The minimum atomic E-state index is -0.722. The highest BCUT2D eigenvalue weighted by atomic mass is 16.2. The van der Waals surface area contributed by atoms with Crippen LogP contribution in [-0.4, -0.2) is 40.1 Å². The summed E-state index contributed by atoms with van der Waals surface area (Å²) in [7, 11) is 0. The van der Waals surface area contributed by atoms with Gasteiger partial charge in [0.2, 0.25) is 11.9 Å². The van der Waals surface area contributed by atoms with Gasteiger partial charge in [0, 0.05) is 24.2 Å². The standard InChI is InChI=1S/C30H33N9O2/c1-18(35-37-20(3)31)21-11-13-22(14-12-21)29(41)39-17-25-8-5-4-7-24(25)16-27(39)28(40)34-26-10-6-9-23(15-26)19(2)36-38-30(32)33/h4-15,27,37H,3,16-17,31H2,1-2H3,(H,34,40)(H4,32,33,38)/b35-18+,36-19+/t27-/m0/s1. The molecule has 0 radical (unpaired) electrons. The second-order valence-electron chi connectivity index (χ2n) is 9.61. The lowest BCUT2D eigenvalue weighted by Crippen LogP contribution is -2.50. The lowest BCUT2D eigenvalue weighted by molar-refractivity contribution is -0.121. The fourth-order valence-electron chi connectivity index (χ4n) is 4.45. The van der Waals surface area contributed by atoms with Gasteiger partial charge < -0.3 is 27.4 Å². The molecular formula is C30H33N9O2. The topological polar surface area (TPSA) is 177 Å². The largest absolute Gasteiger partial charge is 0.385 e. The van der Waals surface area contributed by atoms with E-state index in [0.29, 0.717) is 35.6 Å². The zero-order chi connectivity index (χ0) is 29.5. The van der Waals surface area contributed by atoms with Crippen LogP contribution in [0, 0.1) is 0 Å². The van der Waals surface area contributed by atoms with Gasteiger partial charge in [0.25, 0.3) is 5.91 Å². The quantitative estimate of drug-likeness (QED) is 0.163. The molecule has 210 valence electrons. The molecule has 8 N–H and O–H groups in total. The second kappa shape index (κ2) is 12.6. The van der Waals surface area contributed by atoms with E-state index < -0.39 is 6.04 Å². The number of fused-ring (bicyclic) bond motifs is 1. The Morgan fingerprint density at radius 1 is 0.854 bits per heavy atom. The van der Waals surface area contributed by atoms with Crippen LogP contribution in [0.1, 0.15) is 46.5 Å². The number of nitrogens with one attached hydrogen (secondary N) is 2. The molecule has 3 aromatic rings. The zero-order valence-electron chi connectivity index (χ0n) is 23.0. The number of nitrogens with two attached hydrogens (primary N) is 3. The van der Waals surface area contributed by atoms with Gasteiger partial charge >= 0.3 is 0 Å². The van der Waals surface area contributed by atoms with E-state index in [1.165, 1.54) is 0 Å². The molecule has 0 saturated heterocycles. The first kappa shape index (κ1) is 28.6. The summed E-state index contributed by atoms with van der Waals surface area (Å²) in [5.41, 5.74) is 24.7. The van der Waals surface area contributed by atoms with E-state index in [2.05, 4.69) is 32.6 Å². The molecule has 1 heterocycles. The molecule has 1 atom stereocenters. The number of hydrazone groups is 1. The van der Waals surface area contributed by atoms with E-state index in [1.807, 2.05) is 37.3 Å². The number of guanidine groups is 1. The number of carbonyl (C=O) groups excluding carboxylic acids is 2. The average Bonchev–Trinajstić information content (AvgIpc) is 2.97. The Bertz CT molecular complexity index is 1550. The van der Waals surface area contributed by atoms with E-state index >= 15 is 0 Å². The van der Waals surface area contributed by atoms with Crippen molar-refractivity contribution in [2.45, 2.75) is 32.9 Å². The minimum Gasteiger partial charge on any atom is -0.385 e. The van der Waals surface area contributed by atoms with Crippen LogP contribution in [0.15, 0.2) is 101 Å². The zero-order valence-corrected chi connectivity index (χ0v) is 23.0. The predicted molar refractivity (Wildman–Crippen MR) is 162 cm³/mol. The maximum absolute atomic E-state index is 13.8. The van der Waals surface area contributed by atoms with Gasteiger partial charge in [0.05, 0.1) is 11.4 Å². The average molecular weight is 552 g/mol. The van der Waals surface area contributed by atoms with Gasteiger partial charge in [-0.15, -0.1) is 5.10 Å². The van der Waals surface area contributed by atoms with E-state index in [0.717, 1.165) is 22.3 Å². The van der Waals surface area contributed by atoms with Crippen molar-refractivity contribution in [3.05, 3.63) is 113 Å². The monoisotopic (exact) mass is 551 g/mol. The van der Waals surface area contributed by atoms with Crippen molar-refractivity contribution in [2.24, 2.45) is 32.5 Å². The minimum absolute atomic E-state index is 0.149. The van der Waals surface area contributed by atoms with Crippen molar-refractivity contribution in [2.75, 3.05) is 5.32 Å². The molecule has 0 saturated carbocycles. The van der Waals surface area contributed by atoms with Gasteiger partial charge in [0.15, 0.2) is 0 Å². The van der Waals surface area contributed by atoms with Gasteiger partial charge in [-0.3, -0.25) is 15.0 Å². The fraction of sp³-hybridized carbons (Fsp3) is 0.167. The van der Waals surface area contributed by atoms with Crippen molar-refractivity contribution >= 4 is 34.9 Å². The van der Waals surface area contributed by atoms with E-state index in [1.54, 1.807) is 54.3 Å². The molecule has 1 aliphatic heterocycles. The van der Waals surface area contributed by atoms with Crippen LogP contribution in [0.3, 0.4) is 0 Å². The van der Waals surface area contributed by atoms with Crippen LogP contribution < -0.4 is 27.9 Å². The second-order valence-corrected chi connectivity index (χ2v) is 9.61. The molecule has 3 aromatic carbocycles. The number of anilines is 1. The van der Waals surface area contributed by atoms with Crippen molar-refractivity contribution in [3.63, 3.8) is 0 Å². The summed E-state index contributed by atoms with van der Waals surface area (Å²) in [5.74, 6) is -0.463. The SMILES string of the molecule is C=C(N)N/N=C(\C)c1ccc(C(=O)N2Cc3ccccc3C[C@H]2C(=O)Nc2cccc(/C(C)=N/N=C(N)N)c2)cc1. The van der Waals surface area contributed by atoms with Gasteiger partial charge in [-0.05, 0) is 60.4 Å². The Morgan fingerprint density at radius 2 is 1.54 bits per heavy atom. The highest BCUT2D eigenvalue weighted by molar-refractivity contribution is 6.04. The third kappa shape index (κ3) is 7.15. The summed E-state index contributed by atoms with van der Waals surface area (Å²) in [5, 5.41) is 14.8. The summed E-state index contributed by atoms with van der Waals surface area (Å²) in [4.78, 5) is 29.0. The lowest BCUT2D eigenvalue weighted by Gasteiger charge is -2.36. The number of rotatable bonds is 8. The number of hydrogen-bond donors (Lipinski definition) is 5. The molecule has 0 fully saturated rings. The van der Waals surface area contributed by atoms with Crippen molar-refractivity contribution in [1.82, 2.24) is 10.3 Å². The molecular weight excluding hydrogens is 518 g/mol. The molecule has 0 aromatic heterocycles. The van der Waals surface area contributed by atoms with Crippen LogP contribution in [0.4, 0.5) is 5.69 Å². The fourth-order valence-corrected chi connectivity index (χ4v) is 4.45. The molecule has 4 rings (SSSR count). The molecule has 0 aliphatic carbocycles. The summed E-state index contributed by atoms with van der Waals surface area (Å²) in [6.07, 6.45) is 0.386. The third-order valence-corrected chi connectivity index (χ3v) is 6.59. The Morgan fingerprint density at radius 3 is 2.22 bits per heavy atom. The summed E-state index contributed by atoms with van der Waals surface area (Å²) in [6, 6.07) is 21.4. The maximum atomic E-state index is 13.8. The highest BCUT2D eigenvalue weighted by Crippen LogP contribution is 2.26. The summed E-state index contributed by atoms with van der Waals surface area (Å²) >= 11 is 0. The first-order valence-corrected chi connectivity index (χ1v) is 12.9.